The molecule has 0 fully saturated rings. The van der Waals surface area contributed by atoms with Crippen molar-refractivity contribution in [1.29, 1.82) is 0 Å². The van der Waals surface area contributed by atoms with E-state index >= 15 is 0 Å². The molecule has 2 aromatic carbocycles. The van der Waals surface area contributed by atoms with Gasteiger partial charge >= 0.3 is 0 Å². The quantitative estimate of drug-likeness (QED) is 0.744. The smallest absolute Gasteiger partial charge is 0.272 e. The first kappa shape index (κ1) is 12.1. The zero-order valence-electron chi connectivity index (χ0n) is 9.00. The third-order valence-electron chi connectivity index (χ3n) is 2.50. The number of ether oxygens (including phenoxy) is 1. The Hall–Kier alpha value is -1.35. The molecule has 0 atom stereocenters. The number of hydrogen-bond acceptors (Lipinski definition) is 1. The Balaban J connectivity index is 2.42. The molecule has 1 nitrogen and oxygen atoms in total. The topological polar surface area (TPSA) is 9.23 Å². The second kappa shape index (κ2) is 5.32. The molecule has 2 aromatic rings. The summed E-state index contributed by atoms with van der Waals surface area (Å²) in [5.41, 5.74) is 0.755. The summed E-state index contributed by atoms with van der Waals surface area (Å²) in [6.45, 7) is -0.609. The fraction of sp³-hybridized carbons (Fsp3) is 0.231. The van der Waals surface area contributed by atoms with Gasteiger partial charge in [-0.1, -0.05) is 30.3 Å². The van der Waals surface area contributed by atoms with E-state index < -0.39 is 13.0 Å². The molecule has 4 heteroatoms. The maximum Gasteiger partial charge on any atom is 0.272 e. The average Bonchev–Trinajstić information content (AvgIpc) is 2.35. The summed E-state index contributed by atoms with van der Waals surface area (Å²) in [6, 6.07) is 11.2. The van der Waals surface area contributed by atoms with Crippen molar-refractivity contribution >= 4 is 22.4 Å². The SMILES string of the molecule is FC(F)COc1ccc2ccccc2c1CCl. The zero-order chi connectivity index (χ0) is 12.3. The maximum absolute atomic E-state index is 12.1. The first-order valence-corrected chi connectivity index (χ1v) is 5.73. The Morgan fingerprint density at radius 2 is 1.88 bits per heavy atom. The van der Waals surface area contributed by atoms with Crippen LogP contribution in [0.1, 0.15) is 5.56 Å². The monoisotopic (exact) mass is 256 g/mol. The highest BCUT2D eigenvalue weighted by atomic mass is 35.5. The molecule has 0 bridgehead atoms. The summed E-state index contributed by atoms with van der Waals surface area (Å²) in [4.78, 5) is 0. The number of alkyl halides is 3. The summed E-state index contributed by atoms with van der Waals surface area (Å²) >= 11 is 5.86. The van der Waals surface area contributed by atoms with Crippen LogP contribution < -0.4 is 4.74 Å². The standard InChI is InChI=1S/C13H11ClF2O/c14-7-11-10-4-2-1-3-9(10)5-6-12(11)17-8-13(15)16/h1-6,13H,7-8H2. The van der Waals surface area contributed by atoms with Gasteiger partial charge in [-0.25, -0.2) is 8.78 Å². The van der Waals surface area contributed by atoms with Gasteiger partial charge in [0.1, 0.15) is 12.4 Å². The normalized spacial score (nSPS) is 11.1. The molecular formula is C13H11ClF2O. The van der Waals surface area contributed by atoms with E-state index in [1.807, 2.05) is 30.3 Å². The average molecular weight is 257 g/mol. The van der Waals surface area contributed by atoms with Crippen molar-refractivity contribution in [2.45, 2.75) is 12.3 Å². The molecule has 2 rings (SSSR count). The van der Waals surface area contributed by atoms with Crippen LogP contribution in [0.15, 0.2) is 36.4 Å². The van der Waals surface area contributed by atoms with Crippen molar-refractivity contribution in [3.8, 4) is 5.75 Å². The van der Waals surface area contributed by atoms with E-state index in [1.54, 1.807) is 6.07 Å². The lowest BCUT2D eigenvalue weighted by molar-refractivity contribution is 0.0816. The van der Waals surface area contributed by atoms with E-state index in [1.165, 1.54) is 0 Å². The van der Waals surface area contributed by atoms with E-state index in [-0.39, 0.29) is 5.88 Å². The Kier molecular flexibility index (Phi) is 3.79. The lowest BCUT2D eigenvalue weighted by atomic mass is 10.0. The van der Waals surface area contributed by atoms with Gasteiger partial charge in [-0.05, 0) is 16.8 Å². The minimum absolute atomic E-state index is 0.236. The molecule has 0 heterocycles. The first-order chi connectivity index (χ1) is 8.22. The summed E-state index contributed by atoms with van der Waals surface area (Å²) in [7, 11) is 0. The van der Waals surface area contributed by atoms with Crippen LogP contribution in [0.25, 0.3) is 10.8 Å². The maximum atomic E-state index is 12.1. The van der Waals surface area contributed by atoms with Gasteiger partial charge in [-0.15, -0.1) is 11.6 Å². The van der Waals surface area contributed by atoms with E-state index in [4.69, 9.17) is 16.3 Å². The Bertz CT molecular complexity index is 514. The molecule has 0 unspecified atom stereocenters. The molecule has 0 aliphatic heterocycles. The Morgan fingerprint density at radius 1 is 1.12 bits per heavy atom. The van der Waals surface area contributed by atoms with Crippen molar-refractivity contribution in [3.63, 3.8) is 0 Å². The van der Waals surface area contributed by atoms with Gasteiger partial charge in [0.05, 0.1) is 5.88 Å². The lowest BCUT2D eigenvalue weighted by Crippen LogP contribution is -2.08. The number of halogens is 3. The van der Waals surface area contributed by atoms with E-state index in [0.29, 0.717) is 5.75 Å². The van der Waals surface area contributed by atoms with Gasteiger partial charge in [0.2, 0.25) is 0 Å². The molecule has 0 radical (unpaired) electrons. The van der Waals surface area contributed by atoms with Crippen molar-refractivity contribution in [2.24, 2.45) is 0 Å². The fourth-order valence-electron chi connectivity index (χ4n) is 1.74. The van der Waals surface area contributed by atoms with Crippen LogP contribution in [0.5, 0.6) is 5.75 Å². The van der Waals surface area contributed by atoms with E-state index in [0.717, 1.165) is 16.3 Å². The van der Waals surface area contributed by atoms with Crippen LogP contribution in [0, 0.1) is 0 Å². The number of rotatable bonds is 4. The van der Waals surface area contributed by atoms with Crippen molar-refractivity contribution in [3.05, 3.63) is 42.0 Å². The summed E-state index contributed by atoms with van der Waals surface area (Å²) in [6.07, 6.45) is -2.48. The molecule has 90 valence electrons. The minimum atomic E-state index is -2.48. The Labute approximate surface area is 103 Å². The second-order valence-corrected chi connectivity index (χ2v) is 3.87. The molecule has 0 aromatic heterocycles. The number of fused-ring (bicyclic) bond motifs is 1. The summed E-state index contributed by atoms with van der Waals surface area (Å²) < 4.78 is 29.3. The Morgan fingerprint density at radius 3 is 2.59 bits per heavy atom. The second-order valence-electron chi connectivity index (χ2n) is 3.60. The molecule has 0 aliphatic rings. The van der Waals surface area contributed by atoms with Gasteiger partial charge < -0.3 is 4.74 Å². The largest absolute Gasteiger partial charge is 0.487 e. The highest BCUT2D eigenvalue weighted by Gasteiger charge is 2.10. The molecule has 0 saturated carbocycles. The molecule has 17 heavy (non-hydrogen) atoms. The molecular weight excluding hydrogens is 246 g/mol. The number of benzene rings is 2. The number of hydrogen-bond donors (Lipinski definition) is 0. The van der Waals surface area contributed by atoms with Gasteiger partial charge in [0, 0.05) is 5.56 Å². The molecule has 0 saturated heterocycles. The highest BCUT2D eigenvalue weighted by Crippen LogP contribution is 2.29. The third-order valence-corrected chi connectivity index (χ3v) is 2.76. The van der Waals surface area contributed by atoms with Gasteiger partial charge in [-0.2, -0.15) is 0 Å². The van der Waals surface area contributed by atoms with Crippen LogP contribution in [0.3, 0.4) is 0 Å². The fourth-order valence-corrected chi connectivity index (χ4v) is 2.02. The third kappa shape index (κ3) is 2.67. The van der Waals surface area contributed by atoms with Crippen LogP contribution >= 0.6 is 11.6 Å². The van der Waals surface area contributed by atoms with Crippen LogP contribution in [-0.4, -0.2) is 13.0 Å². The lowest BCUT2D eigenvalue weighted by Gasteiger charge is -2.12. The van der Waals surface area contributed by atoms with Crippen LogP contribution in [-0.2, 0) is 5.88 Å². The van der Waals surface area contributed by atoms with E-state index in [9.17, 15) is 8.78 Å². The van der Waals surface area contributed by atoms with Crippen molar-refractivity contribution < 1.29 is 13.5 Å². The molecule has 0 amide bonds. The predicted octanol–water partition coefficient (Wildman–Crippen LogP) is 4.22. The molecule has 0 spiro atoms. The highest BCUT2D eigenvalue weighted by molar-refractivity contribution is 6.18. The predicted molar refractivity (Wildman–Crippen MR) is 65.0 cm³/mol. The van der Waals surface area contributed by atoms with Crippen LogP contribution in [0.2, 0.25) is 0 Å². The van der Waals surface area contributed by atoms with Gasteiger partial charge in [0.15, 0.2) is 0 Å². The van der Waals surface area contributed by atoms with Crippen LogP contribution in [0.4, 0.5) is 8.78 Å². The first-order valence-electron chi connectivity index (χ1n) is 5.20. The molecule has 0 aliphatic carbocycles. The van der Waals surface area contributed by atoms with E-state index in [2.05, 4.69) is 0 Å². The molecule has 0 N–H and O–H groups in total. The summed E-state index contributed by atoms with van der Waals surface area (Å²) in [5, 5.41) is 1.96. The van der Waals surface area contributed by atoms with Gasteiger partial charge in [0.25, 0.3) is 6.43 Å². The van der Waals surface area contributed by atoms with Crippen molar-refractivity contribution in [1.82, 2.24) is 0 Å². The van der Waals surface area contributed by atoms with Crippen molar-refractivity contribution in [2.75, 3.05) is 6.61 Å². The minimum Gasteiger partial charge on any atom is -0.487 e. The summed E-state index contributed by atoms with van der Waals surface area (Å²) in [5.74, 6) is 0.666. The zero-order valence-corrected chi connectivity index (χ0v) is 9.75. The van der Waals surface area contributed by atoms with Gasteiger partial charge in [-0.3, -0.25) is 0 Å².